The van der Waals surface area contributed by atoms with Crippen LogP contribution in [-0.2, 0) is 17.2 Å². The van der Waals surface area contributed by atoms with Crippen LogP contribution in [0.25, 0.3) is 10.6 Å². The molecule has 0 N–H and O–H groups in total. The number of benzene rings is 1. The van der Waals surface area contributed by atoms with Crippen LogP contribution in [0.1, 0.15) is 57.9 Å². The van der Waals surface area contributed by atoms with E-state index >= 15 is 0 Å². The van der Waals surface area contributed by atoms with Gasteiger partial charge in [-0.25, -0.2) is 4.98 Å². The Hall–Kier alpha value is -2.45. The van der Waals surface area contributed by atoms with Crippen molar-refractivity contribution in [3.05, 3.63) is 65.1 Å². The Kier molecular flexibility index (Phi) is 10.8. The van der Waals surface area contributed by atoms with Gasteiger partial charge in [0.15, 0.2) is 23.9 Å². The van der Waals surface area contributed by atoms with Crippen LogP contribution < -0.4 is 14.2 Å². The van der Waals surface area contributed by atoms with E-state index in [1.165, 1.54) is 61.4 Å². The number of unbranched alkanes of at least 4 members (excludes halogenated alkanes) is 5. The molecule has 4 rings (SSSR count). The Labute approximate surface area is 209 Å². The first-order valence-corrected chi connectivity index (χ1v) is 14.2. The van der Waals surface area contributed by atoms with Crippen molar-refractivity contribution in [2.24, 2.45) is 0 Å². The third kappa shape index (κ3) is 8.40. The summed E-state index contributed by atoms with van der Waals surface area (Å²) in [6.45, 7) is 4.61. The zero-order valence-electron chi connectivity index (χ0n) is 20.0. The Morgan fingerprint density at radius 1 is 1.15 bits per heavy atom. The summed E-state index contributed by atoms with van der Waals surface area (Å²) in [7, 11) is -0.743. The molecule has 184 valence electrons. The van der Waals surface area contributed by atoms with Crippen molar-refractivity contribution < 1.29 is 18.4 Å². The van der Waals surface area contributed by atoms with Crippen LogP contribution in [0.4, 0.5) is 0 Å². The van der Waals surface area contributed by atoms with E-state index in [1.54, 1.807) is 12.3 Å². The number of rotatable bonds is 11. The van der Waals surface area contributed by atoms with E-state index < -0.39 is 10.8 Å². The standard InChI is InChI=1S/C18H28O3S.C8H6N2OS/c1-3-4-5-6-7-8-11-22(19)15(2)12-16-9-10-17-18(13-16)21-14-20-17;11-10-4-1-2-7(6-10)8-9-3-5-12-8/h9-10,13,15H,3-8,11-12,14H2,1-2H3;1-6H. The number of hydrogen-bond donors (Lipinski definition) is 0. The van der Waals surface area contributed by atoms with Crippen molar-refractivity contribution in [3.8, 4) is 22.1 Å². The van der Waals surface area contributed by atoms with Gasteiger partial charge in [0, 0.05) is 39.4 Å². The number of thiazole rings is 1. The normalized spacial score (nSPS) is 13.7. The summed E-state index contributed by atoms with van der Waals surface area (Å²) in [4.78, 5) is 4.09. The summed E-state index contributed by atoms with van der Waals surface area (Å²) >= 11 is 1.52. The van der Waals surface area contributed by atoms with Crippen molar-refractivity contribution in [1.29, 1.82) is 0 Å². The van der Waals surface area contributed by atoms with Gasteiger partial charge in [0.25, 0.3) is 0 Å². The Morgan fingerprint density at radius 2 is 1.94 bits per heavy atom. The minimum absolute atomic E-state index is 0.191. The lowest BCUT2D eigenvalue weighted by Crippen LogP contribution is -2.23. The highest BCUT2D eigenvalue weighted by Gasteiger charge is 2.16. The van der Waals surface area contributed by atoms with E-state index in [4.69, 9.17) is 9.47 Å². The zero-order valence-corrected chi connectivity index (χ0v) is 21.6. The maximum Gasteiger partial charge on any atom is 0.231 e. The smallest absolute Gasteiger partial charge is 0.231 e. The van der Waals surface area contributed by atoms with Gasteiger partial charge in [-0.2, -0.15) is 4.73 Å². The van der Waals surface area contributed by atoms with Crippen LogP contribution in [0, 0.1) is 5.21 Å². The van der Waals surface area contributed by atoms with E-state index in [-0.39, 0.29) is 5.25 Å². The summed E-state index contributed by atoms with van der Waals surface area (Å²) in [5.41, 5.74) is 2.04. The predicted octanol–water partition coefficient (Wildman–Crippen LogP) is 5.90. The average molecular weight is 503 g/mol. The minimum atomic E-state index is -0.743. The van der Waals surface area contributed by atoms with Gasteiger partial charge in [0.1, 0.15) is 5.01 Å². The fourth-order valence-electron chi connectivity index (χ4n) is 3.67. The molecule has 2 unspecified atom stereocenters. The predicted molar refractivity (Wildman–Crippen MR) is 139 cm³/mol. The molecule has 3 aromatic rings. The van der Waals surface area contributed by atoms with E-state index in [2.05, 4.69) is 18.8 Å². The molecule has 0 saturated heterocycles. The monoisotopic (exact) mass is 502 g/mol. The molecule has 1 aliphatic rings. The molecule has 8 heteroatoms. The van der Waals surface area contributed by atoms with Gasteiger partial charge in [0.05, 0.1) is 5.56 Å². The number of aromatic nitrogens is 2. The molecule has 1 aromatic carbocycles. The van der Waals surface area contributed by atoms with E-state index in [0.29, 0.717) is 6.79 Å². The third-order valence-electron chi connectivity index (χ3n) is 5.56. The SMILES string of the molecule is CCCCCCCCS(=O)C(C)Cc1ccc2c(c1)OCO2.[O-][n+]1cccc(-c2nccs2)c1. The molecule has 0 saturated carbocycles. The second kappa shape index (κ2) is 14.1. The average Bonchev–Trinajstić information content (AvgIpc) is 3.53. The van der Waals surface area contributed by atoms with Gasteiger partial charge in [-0.15, -0.1) is 11.3 Å². The first kappa shape index (κ1) is 26.2. The Balaban J connectivity index is 0.000000226. The van der Waals surface area contributed by atoms with Crippen molar-refractivity contribution >= 4 is 22.1 Å². The molecule has 0 bridgehead atoms. The Morgan fingerprint density at radius 3 is 2.71 bits per heavy atom. The van der Waals surface area contributed by atoms with E-state index in [9.17, 15) is 9.42 Å². The lowest BCUT2D eigenvalue weighted by molar-refractivity contribution is -0.604. The highest BCUT2D eigenvalue weighted by Crippen LogP contribution is 2.33. The zero-order chi connectivity index (χ0) is 24.2. The van der Waals surface area contributed by atoms with Crippen molar-refractivity contribution in [1.82, 2.24) is 4.98 Å². The number of nitrogens with zero attached hydrogens (tertiary/aromatic N) is 2. The van der Waals surface area contributed by atoms with Gasteiger partial charge in [0.2, 0.25) is 6.79 Å². The third-order valence-corrected chi connectivity index (χ3v) is 8.14. The molecule has 6 nitrogen and oxygen atoms in total. The molecule has 0 amide bonds. The van der Waals surface area contributed by atoms with Crippen LogP contribution in [0.2, 0.25) is 0 Å². The fraction of sp³-hybridized carbons (Fsp3) is 0.462. The first-order chi connectivity index (χ1) is 16.6. The van der Waals surface area contributed by atoms with Gasteiger partial charge >= 0.3 is 0 Å². The highest BCUT2D eigenvalue weighted by molar-refractivity contribution is 7.85. The number of hydrogen-bond acceptors (Lipinski definition) is 6. The number of pyridine rings is 1. The summed E-state index contributed by atoms with van der Waals surface area (Å²) in [6, 6.07) is 9.59. The second-order valence-corrected chi connectivity index (χ2v) is 11.2. The van der Waals surface area contributed by atoms with Crippen LogP contribution in [0.15, 0.2) is 54.3 Å². The van der Waals surface area contributed by atoms with Crippen LogP contribution >= 0.6 is 11.3 Å². The van der Waals surface area contributed by atoms with Gasteiger partial charge < -0.3 is 14.7 Å². The molecule has 0 aliphatic carbocycles. The molecule has 0 radical (unpaired) electrons. The lowest BCUT2D eigenvalue weighted by atomic mass is 10.1. The van der Waals surface area contributed by atoms with Crippen LogP contribution in [-0.4, -0.2) is 27.0 Å². The molecule has 2 aromatic heterocycles. The summed E-state index contributed by atoms with van der Waals surface area (Å²) in [5.74, 6) is 2.45. The van der Waals surface area contributed by atoms with Crippen LogP contribution in [0.3, 0.4) is 0 Å². The fourth-order valence-corrected chi connectivity index (χ4v) is 5.56. The maximum absolute atomic E-state index is 12.3. The maximum atomic E-state index is 12.3. The molecule has 1 aliphatic heterocycles. The molecule has 3 heterocycles. The topological polar surface area (TPSA) is 75.4 Å². The summed E-state index contributed by atoms with van der Waals surface area (Å²) in [5, 5.41) is 13.8. The van der Waals surface area contributed by atoms with Crippen molar-refractivity contribution in [3.63, 3.8) is 0 Å². The molecular formula is C26H34N2O4S2. The van der Waals surface area contributed by atoms with Gasteiger partial charge in [-0.1, -0.05) is 52.0 Å². The first-order valence-electron chi connectivity index (χ1n) is 11.9. The molecule has 0 fully saturated rings. The van der Waals surface area contributed by atoms with Crippen molar-refractivity contribution in [2.45, 2.75) is 64.0 Å². The lowest BCUT2D eigenvalue weighted by Gasteiger charge is -2.12. The second-order valence-electron chi connectivity index (χ2n) is 8.34. The number of fused-ring (bicyclic) bond motifs is 1. The highest BCUT2D eigenvalue weighted by atomic mass is 32.2. The molecule has 2 atom stereocenters. The largest absolute Gasteiger partial charge is 0.619 e. The van der Waals surface area contributed by atoms with Crippen LogP contribution in [0.5, 0.6) is 11.5 Å². The Bertz CT molecular complexity index is 1030. The summed E-state index contributed by atoms with van der Waals surface area (Å²) < 4.78 is 23.8. The minimum Gasteiger partial charge on any atom is -0.619 e. The van der Waals surface area contributed by atoms with Gasteiger partial charge in [-0.3, -0.25) is 4.21 Å². The number of ether oxygens (including phenoxy) is 2. The molecule has 0 spiro atoms. The van der Waals surface area contributed by atoms with Gasteiger partial charge in [-0.05, 0) is 36.6 Å². The van der Waals surface area contributed by atoms with E-state index in [0.717, 1.165) is 45.4 Å². The summed E-state index contributed by atoms with van der Waals surface area (Å²) in [6.07, 6.45) is 13.0. The molecular weight excluding hydrogens is 468 g/mol. The quantitative estimate of drug-likeness (QED) is 0.185. The van der Waals surface area contributed by atoms with Crippen molar-refractivity contribution in [2.75, 3.05) is 12.5 Å². The van der Waals surface area contributed by atoms with E-state index in [1.807, 2.05) is 29.6 Å². The molecule has 34 heavy (non-hydrogen) atoms.